The Hall–Kier alpha value is -3.08. The van der Waals surface area contributed by atoms with Gasteiger partial charge in [-0.25, -0.2) is 8.78 Å². The second-order valence-corrected chi connectivity index (χ2v) is 7.95. The lowest BCUT2D eigenvalue weighted by molar-refractivity contribution is 0.102. The smallest absolute Gasteiger partial charge is 0.256 e. The van der Waals surface area contributed by atoms with Crippen LogP contribution in [-0.4, -0.2) is 17.4 Å². The average molecular weight is 409 g/mol. The number of hydrogen-bond donors (Lipinski definition) is 1. The van der Waals surface area contributed by atoms with Crippen LogP contribution in [0, 0.1) is 23.0 Å². The monoisotopic (exact) mass is 409 g/mol. The van der Waals surface area contributed by atoms with Crippen LogP contribution in [0.4, 0.5) is 13.8 Å². The predicted molar refractivity (Wildman–Crippen MR) is 108 cm³/mol. The fraction of sp³-hybridized carbons (Fsp3) is 0.182. The molecule has 4 nitrogen and oxygen atoms in total. The highest BCUT2D eigenvalue weighted by Gasteiger charge is 2.25. The van der Waals surface area contributed by atoms with Gasteiger partial charge in [0.2, 0.25) is 0 Å². The van der Waals surface area contributed by atoms with E-state index in [-0.39, 0.29) is 5.56 Å². The molecule has 0 saturated carbocycles. The number of thiophene rings is 1. The van der Waals surface area contributed by atoms with Gasteiger partial charge in [-0.05, 0) is 35.7 Å². The zero-order valence-corrected chi connectivity index (χ0v) is 16.2. The average Bonchev–Trinajstić information content (AvgIpc) is 3.06. The number of benzene rings is 2. The van der Waals surface area contributed by atoms with E-state index in [1.807, 2.05) is 18.2 Å². The van der Waals surface area contributed by atoms with Gasteiger partial charge in [-0.2, -0.15) is 5.26 Å². The van der Waals surface area contributed by atoms with Gasteiger partial charge in [-0.1, -0.05) is 30.3 Å². The van der Waals surface area contributed by atoms with Gasteiger partial charge in [0.05, 0.1) is 5.56 Å². The minimum atomic E-state index is -1.08. The number of nitriles is 1. The maximum Gasteiger partial charge on any atom is 0.256 e. The Balaban J connectivity index is 1.53. The summed E-state index contributed by atoms with van der Waals surface area (Å²) in [5.74, 6) is -2.66. The minimum absolute atomic E-state index is 0.00451. The van der Waals surface area contributed by atoms with E-state index in [0.717, 1.165) is 42.1 Å². The molecule has 2 aromatic carbocycles. The van der Waals surface area contributed by atoms with Gasteiger partial charge >= 0.3 is 0 Å². The highest BCUT2D eigenvalue weighted by Crippen LogP contribution is 2.37. The Morgan fingerprint density at radius 2 is 1.97 bits per heavy atom. The summed E-state index contributed by atoms with van der Waals surface area (Å²) >= 11 is 1.37. The molecule has 1 amide bonds. The van der Waals surface area contributed by atoms with E-state index in [1.54, 1.807) is 0 Å². The number of nitrogens with zero attached hydrogens (tertiary/aromatic N) is 2. The second-order valence-electron chi connectivity index (χ2n) is 6.85. The van der Waals surface area contributed by atoms with Crippen molar-refractivity contribution in [3.8, 4) is 6.07 Å². The molecule has 0 spiro atoms. The molecule has 146 valence electrons. The molecule has 7 heteroatoms. The molecule has 1 N–H and O–H groups in total. The standard InChI is InChI=1S/C22H17F2N3OS/c23-18-7-6-15(10-19(18)24)21(28)26-22-17(11-25)16-8-9-27(13-20(16)29-22)12-14-4-2-1-3-5-14/h1-7,10H,8-9,12-13H2,(H,26,28). The molecule has 1 aromatic heterocycles. The van der Waals surface area contributed by atoms with Crippen molar-refractivity contribution in [1.82, 2.24) is 4.90 Å². The zero-order valence-electron chi connectivity index (χ0n) is 15.4. The molecular weight excluding hydrogens is 392 g/mol. The van der Waals surface area contributed by atoms with Crippen LogP contribution in [0.3, 0.4) is 0 Å². The van der Waals surface area contributed by atoms with Crippen molar-refractivity contribution in [2.24, 2.45) is 0 Å². The van der Waals surface area contributed by atoms with Crippen molar-refractivity contribution in [1.29, 1.82) is 5.26 Å². The Bertz CT molecular complexity index is 1110. The quantitative estimate of drug-likeness (QED) is 0.679. The molecule has 0 radical (unpaired) electrons. The van der Waals surface area contributed by atoms with E-state index in [1.165, 1.54) is 23.0 Å². The van der Waals surface area contributed by atoms with Crippen molar-refractivity contribution >= 4 is 22.2 Å². The molecule has 0 fully saturated rings. The number of amides is 1. The molecule has 0 unspecified atom stereocenters. The summed E-state index contributed by atoms with van der Waals surface area (Å²) in [5, 5.41) is 12.8. The topological polar surface area (TPSA) is 56.1 Å². The van der Waals surface area contributed by atoms with Gasteiger partial charge in [0, 0.05) is 30.1 Å². The predicted octanol–water partition coefficient (Wildman–Crippen LogP) is 4.71. The third kappa shape index (κ3) is 4.04. The Labute approximate surface area is 171 Å². The first-order valence-corrected chi connectivity index (χ1v) is 9.94. The fourth-order valence-electron chi connectivity index (χ4n) is 3.45. The number of fused-ring (bicyclic) bond motifs is 1. The Morgan fingerprint density at radius 3 is 2.69 bits per heavy atom. The van der Waals surface area contributed by atoms with Crippen LogP contribution < -0.4 is 5.32 Å². The highest BCUT2D eigenvalue weighted by atomic mass is 32.1. The van der Waals surface area contributed by atoms with Crippen LogP contribution in [0.2, 0.25) is 0 Å². The summed E-state index contributed by atoms with van der Waals surface area (Å²) in [6.07, 6.45) is 0.725. The zero-order chi connectivity index (χ0) is 20.4. The number of halogens is 2. The molecule has 0 aliphatic carbocycles. The van der Waals surface area contributed by atoms with E-state index in [9.17, 15) is 18.8 Å². The first-order valence-electron chi connectivity index (χ1n) is 9.12. The summed E-state index contributed by atoms with van der Waals surface area (Å²) in [4.78, 5) is 15.8. The molecule has 1 aliphatic rings. The molecule has 1 aliphatic heterocycles. The van der Waals surface area contributed by atoms with Gasteiger partial charge < -0.3 is 5.32 Å². The van der Waals surface area contributed by atoms with E-state index in [0.29, 0.717) is 17.1 Å². The van der Waals surface area contributed by atoms with Crippen LogP contribution in [0.25, 0.3) is 0 Å². The van der Waals surface area contributed by atoms with E-state index in [4.69, 9.17) is 0 Å². The number of carbonyl (C=O) groups excluding carboxylic acids is 1. The van der Waals surface area contributed by atoms with Crippen molar-refractivity contribution in [2.75, 3.05) is 11.9 Å². The molecule has 3 aromatic rings. The van der Waals surface area contributed by atoms with Gasteiger partial charge in [-0.3, -0.25) is 9.69 Å². The number of rotatable bonds is 4. The first kappa shape index (κ1) is 19.2. The van der Waals surface area contributed by atoms with E-state index in [2.05, 4.69) is 28.4 Å². The lowest BCUT2D eigenvalue weighted by atomic mass is 10.0. The van der Waals surface area contributed by atoms with Crippen molar-refractivity contribution in [3.05, 3.63) is 87.3 Å². The molecule has 29 heavy (non-hydrogen) atoms. The summed E-state index contributed by atoms with van der Waals surface area (Å²) < 4.78 is 26.5. The van der Waals surface area contributed by atoms with Crippen molar-refractivity contribution in [2.45, 2.75) is 19.5 Å². The van der Waals surface area contributed by atoms with E-state index >= 15 is 0 Å². The second kappa shape index (κ2) is 8.11. The largest absolute Gasteiger partial charge is 0.312 e. The van der Waals surface area contributed by atoms with Crippen molar-refractivity contribution < 1.29 is 13.6 Å². The van der Waals surface area contributed by atoms with E-state index < -0.39 is 17.5 Å². The van der Waals surface area contributed by atoms with Crippen LogP contribution >= 0.6 is 11.3 Å². The molecule has 0 bridgehead atoms. The van der Waals surface area contributed by atoms with Crippen LogP contribution in [0.15, 0.2) is 48.5 Å². The Morgan fingerprint density at radius 1 is 1.17 bits per heavy atom. The SMILES string of the molecule is N#Cc1c(NC(=O)c2ccc(F)c(F)c2)sc2c1CCN(Cc1ccccc1)C2. The molecule has 2 heterocycles. The van der Waals surface area contributed by atoms with Gasteiger partial charge in [0.15, 0.2) is 11.6 Å². The van der Waals surface area contributed by atoms with Crippen LogP contribution in [0.5, 0.6) is 0 Å². The third-order valence-corrected chi connectivity index (χ3v) is 6.04. The fourth-order valence-corrected chi connectivity index (χ4v) is 4.69. The number of hydrogen-bond acceptors (Lipinski definition) is 4. The van der Waals surface area contributed by atoms with Gasteiger partial charge in [0.25, 0.3) is 5.91 Å². The van der Waals surface area contributed by atoms with Crippen LogP contribution in [0.1, 0.15) is 31.9 Å². The number of anilines is 1. The first-order chi connectivity index (χ1) is 14.0. The lowest BCUT2D eigenvalue weighted by Gasteiger charge is -2.26. The number of nitrogens with one attached hydrogen (secondary N) is 1. The Kier molecular flexibility index (Phi) is 5.38. The highest BCUT2D eigenvalue weighted by molar-refractivity contribution is 7.16. The minimum Gasteiger partial charge on any atom is -0.312 e. The molecule has 4 rings (SSSR count). The summed E-state index contributed by atoms with van der Waals surface area (Å²) in [6.45, 7) is 2.34. The van der Waals surface area contributed by atoms with Crippen LogP contribution in [-0.2, 0) is 19.5 Å². The molecule has 0 atom stereocenters. The normalized spacial score (nSPS) is 13.6. The molecular formula is C22H17F2N3OS. The van der Waals surface area contributed by atoms with Crippen molar-refractivity contribution in [3.63, 3.8) is 0 Å². The summed E-state index contributed by atoms with van der Waals surface area (Å²) in [7, 11) is 0. The number of carbonyl (C=O) groups is 1. The maximum atomic E-state index is 13.4. The lowest BCUT2D eigenvalue weighted by Crippen LogP contribution is -2.29. The molecule has 0 saturated heterocycles. The maximum absolute atomic E-state index is 13.4. The summed E-state index contributed by atoms with van der Waals surface area (Å²) in [5.41, 5.74) is 2.65. The summed E-state index contributed by atoms with van der Waals surface area (Å²) in [6, 6.07) is 15.3. The third-order valence-electron chi connectivity index (χ3n) is 4.91. The van der Waals surface area contributed by atoms with Gasteiger partial charge in [-0.15, -0.1) is 11.3 Å². The van der Waals surface area contributed by atoms with Gasteiger partial charge in [0.1, 0.15) is 11.1 Å².